The molecule has 0 aliphatic carbocycles. The van der Waals surface area contributed by atoms with Crippen LogP contribution in [0.4, 0.5) is 4.79 Å². The summed E-state index contributed by atoms with van der Waals surface area (Å²) in [4.78, 5) is 22.6. The molecule has 0 heterocycles. The third kappa shape index (κ3) is 6.45. The summed E-state index contributed by atoms with van der Waals surface area (Å²) in [7, 11) is 0. The van der Waals surface area contributed by atoms with Gasteiger partial charge in [0.25, 0.3) is 0 Å². The molecule has 0 atom stereocenters. The lowest BCUT2D eigenvalue weighted by Gasteiger charge is -2.07. The maximum Gasteiger partial charge on any atom is 0.407 e. The van der Waals surface area contributed by atoms with Crippen molar-refractivity contribution in [1.29, 1.82) is 0 Å². The van der Waals surface area contributed by atoms with Gasteiger partial charge in [0.05, 0.1) is 13.0 Å². The molecule has 1 aromatic carbocycles. The molecule has 0 aliphatic rings. The number of carbonyl (C=O) groups is 2. The Kier molecular flexibility index (Phi) is 6.43. The van der Waals surface area contributed by atoms with Crippen LogP contribution in [0.15, 0.2) is 24.3 Å². The molecular weight excluding hydrogens is 244 g/mol. The molecule has 0 aromatic heterocycles. The van der Waals surface area contributed by atoms with Gasteiger partial charge in [-0.3, -0.25) is 4.79 Å². The molecule has 2 amide bonds. The Morgan fingerprint density at radius 1 is 1.21 bits per heavy atom. The monoisotopic (exact) mass is 264 g/mol. The van der Waals surface area contributed by atoms with Crippen LogP contribution in [0.5, 0.6) is 0 Å². The number of benzene rings is 1. The second-order valence-electron chi connectivity index (χ2n) is 4.16. The first-order valence-electron chi connectivity index (χ1n) is 6.34. The average Bonchev–Trinajstić information content (AvgIpc) is 2.35. The van der Waals surface area contributed by atoms with Crippen molar-refractivity contribution in [3.05, 3.63) is 35.4 Å². The van der Waals surface area contributed by atoms with Gasteiger partial charge >= 0.3 is 6.09 Å². The smallest absolute Gasteiger partial charge is 0.407 e. The molecule has 5 nitrogen and oxygen atoms in total. The predicted octanol–water partition coefficient (Wildman–Crippen LogP) is 1.40. The molecule has 0 saturated carbocycles. The van der Waals surface area contributed by atoms with Crippen molar-refractivity contribution in [2.24, 2.45) is 0 Å². The fourth-order valence-corrected chi connectivity index (χ4v) is 1.62. The molecular formula is C14H20N2O3. The molecule has 0 fully saturated rings. The number of amides is 2. The van der Waals surface area contributed by atoms with Crippen molar-refractivity contribution >= 4 is 12.0 Å². The zero-order valence-electron chi connectivity index (χ0n) is 11.4. The highest BCUT2D eigenvalue weighted by atomic mass is 16.5. The summed E-state index contributed by atoms with van der Waals surface area (Å²) >= 11 is 0. The van der Waals surface area contributed by atoms with Crippen molar-refractivity contribution in [2.45, 2.75) is 20.3 Å². The van der Waals surface area contributed by atoms with E-state index in [0.717, 1.165) is 11.1 Å². The van der Waals surface area contributed by atoms with E-state index in [1.807, 2.05) is 31.2 Å². The Balaban J connectivity index is 2.20. The highest BCUT2D eigenvalue weighted by molar-refractivity contribution is 5.78. The molecule has 0 spiro atoms. The lowest BCUT2D eigenvalue weighted by molar-refractivity contribution is -0.120. The summed E-state index contributed by atoms with van der Waals surface area (Å²) in [5, 5.41) is 5.27. The highest BCUT2D eigenvalue weighted by Crippen LogP contribution is 2.04. The van der Waals surface area contributed by atoms with Gasteiger partial charge in [-0.25, -0.2) is 4.79 Å². The summed E-state index contributed by atoms with van der Waals surface area (Å²) in [6.45, 7) is 4.82. The van der Waals surface area contributed by atoms with Crippen LogP contribution in [-0.4, -0.2) is 31.7 Å². The fourth-order valence-electron chi connectivity index (χ4n) is 1.62. The first-order valence-corrected chi connectivity index (χ1v) is 6.34. The normalized spacial score (nSPS) is 9.79. The maximum absolute atomic E-state index is 11.6. The first kappa shape index (κ1) is 15.0. The topological polar surface area (TPSA) is 67.4 Å². The number of aryl methyl sites for hydroxylation is 1. The van der Waals surface area contributed by atoms with Crippen molar-refractivity contribution in [2.75, 3.05) is 19.7 Å². The van der Waals surface area contributed by atoms with Crippen molar-refractivity contribution in [1.82, 2.24) is 10.6 Å². The van der Waals surface area contributed by atoms with Gasteiger partial charge in [-0.2, -0.15) is 0 Å². The van der Waals surface area contributed by atoms with Crippen LogP contribution in [0.25, 0.3) is 0 Å². The Morgan fingerprint density at radius 2 is 1.95 bits per heavy atom. The number of alkyl carbamates (subject to hydrolysis) is 1. The van der Waals surface area contributed by atoms with Crippen molar-refractivity contribution < 1.29 is 14.3 Å². The third-order valence-corrected chi connectivity index (χ3v) is 2.44. The van der Waals surface area contributed by atoms with E-state index in [-0.39, 0.29) is 5.91 Å². The molecule has 1 aromatic rings. The Labute approximate surface area is 113 Å². The largest absolute Gasteiger partial charge is 0.450 e. The fraction of sp³-hybridized carbons (Fsp3) is 0.429. The number of nitrogens with one attached hydrogen (secondary N) is 2. The Bertz CT molecular complexity index is 432. The van der Waals surface area contributed by atoms with E-state index in [4.69, 9.17) is 4.74 Å². The lowest BCUT2D eigenvalue weighted by Crippen LogP contribution is -2.35. The molecule has 0 bridgehead atoms. The summed E-state index contributed by atoms with van der Waals surface area (Å²) < 4.78 is 4.69. The van der Waals surface area contributed by atoms with Crippen LogP contribution in [0.2, 0.25) is 0 Å². The van der Waals surface area contributed by atoms with Gasteiger partial charge in [0.1, 0.15) is 0 Å². The molecule has 0 radical (unpaired) electrons. The zero-order chi connectivity index (χ0) is 14.1. The SMILES string of the molecule is CCOC(=O)NCCNC(=O)Cc1cccc(C)c1. The number of ether oxygens (including phenoxy) is 1. The number of hydrogen-bond acceptors (Lipinski definition) is 3. The summed E-state index contributed by atoms with van der Waals surface area (Å²) in [6, 6.07) is 7.82. The van der Waals surface area contributed by atoms with Gasteiger partial charge in [-0.05, 0) is 19.4 Å². The first-order chi connectivity index (χ1) is 9.11. The van der Waals surface area contributed by atoms with E-state index >= 15 is 0 Å². The van der Waals surface area contributed by atoms with Gasteiger partial charge in [0.2, 0.25) is 5.91 Å². The van der Waals surface area contributed by atoms with Gasteiger partial charge in [-0.15, -0.1) is 0 Å². The van der Waals surface area contributed by atoms with Crippen LogP contribution in [0.1, 0.15) is 18.1 Å². The molecule has 104 valence electrons. The van der Waals surface area contributed by atoms with Crippen LogP contribution >= 0.6 is 0 Å². The van der Waals surface area contributed by atoms with Crippen LogP contribution in [0.3, 0.4) is 0 Å². The molecule has 0 saturated heterocycles. The molecule has 2 N–H and O–H groups in total. The van der Waals surface area contributed by atoms with Crippen molar-refractivity contribution in [3.8, 4) is 0 Å². The minimum absolute atomic E-state index is 0.0590. The second-order valence-corrected chi connectivity index (χ2v) is 4.16. The van der Waals surface area contributed by atoms with Crippen molar-refractivity contribution in [3.63, 3.8) is 0 Å². The molecule has 0 unspecified atom stereocenters. The minimum atomic E-state index is -0.463. The van der Waals surface area contributed by atoms with Gasteiger partial charge in [0.15, 0.2) is 0 Å². The Morgan fingerprint density at radius 3 is 2.63 bits per heavy atom. The molecule has 5 heteroatoms. The number of hydrogen-bond donors (Lipinski definition) is 2. The van der Waals surface area contributed by atoms with Gasteiger partial charge in [-0.1, -0.05) is 29.8 Å². The van der Waals surface area contributed by atoms with E-state index in [2.05, 4.69) is 10.6 Å². The van der Waals surface area contributed by atoms with E-state index in [1.54, 1.807) is 6.92 Å². The van der Waals surface area contributed by atoms with Crippen LogP contribution in [-0.2, 0) is 16.0 Å². The zero-order valence-corrected chi connectivity index (χ0v) is 11.4. The standard InChI is InChI=1S/C14H20N2O3/c1-3-19-14(18)16-8-7-15-13(17)10-12-6-4-5-11(2)9-12/h4-6,9H,3,7-8,10H2,1-2H3,(H,15,17)(H,16,18). The van der Waals surface area contributed by atoms with Crippen LogP contribution < -0.4 is 10.6 Å². The average molecular weight is 264 g/mol. The summed E-state index contributed by atoms with van der Waals surface area (Å²) in [5.41, 5.74) is 2.12. The quantitative estimate of drug-likeness (QED) is 0.763. The van der Waals surface area contributed by atoms with E-state index < -0.39 is 6.09 Å². The Hall–Kier alpha value is -2.04. The van der Waals surface area contributed by atoms with Crippen LogP contribution in [0, 0.1) is 6.92 Å². The summed E-state index contributed by atoms with van der Waals surface area (Å²) in [5.74, 6) is -0.0590. The third-order valence-electron chi connectivity index (χ3n) is 2.44. The number of carbonyl (C=O) groups excluding carboxylic acids is 2. The van der Waals surface area contributed by atoms with E-state index in [9.17, 15) is 9.59 Å². The summed E-state index contributed by atoms with van der Waals surface area (Å²) in [6.07, 6.45) is -0.114. The van der Waals surface area contributed by atoms with E-state index in [0.29, 0.717) is 26.1 Å². The number of rotatable bonds is 6. The maximum atomic E-state index is 11.6. The minimum Gasteiger partial charge on any atom is -0.450 e. The predicted molar refractivity (Wildman–Crippen MR) is 72.9 cm³/mol. The lowest BCUT2D eigenvalue weighted by atomic mass is 10.1. The second kappa shape index (κ2) is 8.13. The molecule has 1 rings (SSSR count). The van der Waals surface area contributed by atoms with E-state index in [1.165, 1.54) is 0 Å². The van der Waals surface area contributed by atoms with Gasteiger partial charge < -0.3 is 15.4 Å². The highest BCUT2D eigenvalue weighted by Gasteiger charge is 2.03. The molecule has 19 heavy (non-hydrogen) atoms. The molecule has 0 aliphatic heterocycles. The van der Waals surface area contributed by atoms with Gasteiger partial charge in [0, 0.05) is 13.1 Å².